The van der Waals surface area contributed by atoms with E-state index in [1.54, 1.807) is 33.8 Å². The van der Waals surface area contributed by atoms with Gasteiger partial charge in [0.15, 0.2) is 6.23 Å². The van der Waals surface area contributed by atoms with Crippen LogP contribution < -0.4 is 11.1 Å². The minimum Gasteiger partial charge on any atom is -0.351 e. The first-order valence-corrected chi connectivity index (χ1v) is 12.3. The van der Waals surface area contributed by atoms with E-state index in [-0.39, 0.29) is 18.3 Å². The zero-order valence-corrected chi connectivity index (χ0v) is 21.2. The molecule has 1 saturated heterocycles. The predicted molar refractivity (Wildman–Crippen MR) is 140 cm³/mol. The summed E-state index contributed by atoms with van der Waals surface area (Å²) in [6.45, 7) is 0.372. The molecule has 0 saturated carbocycles. The van der Waals surface area contributed by atoms with Gasteiger partial charge in [-0.05, 0) is 72.6 Å². The molecule has 0 aliphatic carbocycles. The quantitative estimate of drug-likeness (QED) is 0.329. The number of halogens is 2. The van der Waals surface area contributed by atoms with Crippen LogP contribution in [0.1, 0.15) is 17.4 Å². The maximum atomic E-state index is 13.6. The largest absolute Gasteiger partial charge is 0.351 e. The number of amides is 3. The van der Waals surface area contributed by atoms with Gasteiger partial charge in [0.2, 0.25) is 0 Å². The SMILES string of the molecule is NC(=O)Nc1ccc(CCN2C(=O)CO[C@H]2c2cn(-c3ccc(Br)cc3)nc2-c2ccc(F)cc2)cc1. The van der Waals surface area contributed by atoms with Crippen molar-refractivity contribution in [2.24, 2.45) is 5.73 Å². The number of rotatable bonds is 7. The Balaban J connectivity index is 1.44. The maximum absolute atomic E-state index is 13.6. The van der Waals surface area contributed by atoms with Crippen LogP contribution in [0.3, 0.4) is 0 Å². The van der Waals surface area contributed by atoms with Crippen LogP contribution >= 0.6 is 15.9 Å². The van der Waals surface area contributed by atoms with Crippen LogP contribution in [0.4, 0.5) is 14.9 Å². The smallest absolute Gasteiger partial charge is 0.316 e. The molecule has 37 heavy (non-hydrogen) atoms. The van der Waals surface area contributed by atoms with Gasteiger partial charge in [-0.1, -0.05) is 28.1 Å². The minimum atomic E-state index is -0.646. The fraction of sp³-hybridized carbons (Fsp3) is 0.148. The van der Waals surface area contributed by atoms with Crippen molar-refractivity contribution in [3.05, 3.63) is 100 Å². The monoisotopic (exact) mass is 563 g/mol. The van der Waals surface area contributed by atoms with Gasteiger partial charge in [-0.25, -0.2) is 13.9 Å². The summed E-state index contributed by atoms with van der Waals surface area (Å²) < 4.78 is 22.3. The second-order valence-electron chi connectivity index (χ2n) is 8.55. The molecule has 1 atom stereocenters. The van der Waals surface area contributed by atoms with E-state index in [1.807, 2.05) is 42.6 Å². The normalized spacial score (nSPS) is 15.2. The molecular weight excluding hydrogens is 541 g/mol. The lowest BCUT2D eigenvalue weighted by Gasteiger charge is -2.23. The second kappa shape index (κ2) is 10.5. The van der Waals surface area contributed by atoms with Crippen molar-refractivity contribution in [1.29, 1.82) is 0 Å². The van der Waals surface area contributed by atoms with E-state index in [4.69, 9.17) is 15.6 Å². The third-order valence-corrected chi connectivity index (χ3v) is 6.58. The molecule has 1 aliphatic heterocycles. The van der Waals surface area contributed by atoms with Gasteiger partial charge in [0.05, 0.1) is 5.69 Å². The molecule has 8 nitrogen and oxygen atoms in total. The number of nitrogens with zero attached hydrogens (tertiary/aromatic N) is 3. The third kappa shape index (κ3) is 5.55. The molecule has 188 valence electrons. The Kier molecular flexibility index (Phi) is 7.02. The third-order valence-electron chi connectivity index (χ3n) is 6.05. The molecule has 1 aromatic heterocycles. The van der Waals surface area contributed by atoms with Crippen molar-refractivity contribution in [2.45, 2.75) is 12.6 Å². The molecule has 3 aromatic carbocycles. The summed E-state index contributed by atoms with van der Waals surface area (Å²) in [5.74, 6) is -0.470. The van der Waals surface area contributed by atoms with Crippen LogP contribution in [0.25, 0.3) is 16.9 Å². The van der Waals surface area contributed by atoms with Gasteiger partial charge in [-0.3, -0.25) is 4.79 Å². The topological polar surface area (TPSA) is 102 Å². The van der Waals surface area contributed by atoms with Crippen LogP contribution in [0.15, 0.2) is 83.5 Å². The van der Waals surface area contributed by atoms with E-state index in [0.29, 0.717) is 35.5 Å². The first-order valence-electron chi connectivity index (χ1n) is 11.6. The summed E-state index contributed by atoms with van der Waals surface area (Å²) in [5.41, 5.74) is 9.60. The number of ether oxygens (including phenoxy) is 1. The van der Waals surface area contributed by atoms with Gasteiger partial charge in [-0.2, -0.15) is 5.10 Å². The molecule has 4 aromatic rings. The van der Waals surface area contributed by atoms with E-state index in [9.17, 15) is 14.0 Å². The van der Waals surface area contributed by atoms with Crippen LogP contribution in [-0.2, 0) is 16.0 Å². The highest BCUT2D eigenvalue weighted by molar-refractivity contribution is 9.10. The van der Waals surface area contributed by atoms with Crippen LogP contribution in [0.2, 0.25) is 0 Å². The Hall–Kier alpha value is -4.02. The lowest BCUT2D eigenvalue weighted by molar-refractivity contribution is -0.128. The maximum Gasteiger partial charge on any atom is 0.316 e. The van der Waals surface area contributed by atoms with Gasteiger partial charge in [0, 0.05) is 34.0 Å². The summed E-state index contributed by atoms with van der Waals surface area (Å²) in [5, 5.41) is 7.31. The Bertz CT molecular complexity index is 1420. The first-order chi connectivity index (χ1) is 17.9. The van der Waals surface area contributed by atoms with Gasteiger partial charge < -0.3 is 20.7 Å². The molecular formula is C27H23BrFN5O3. The summed E-state index contributed by atoms with van der Waals surface area (Å²) >= 11 is 3.45. The number of carbonyl (C=O) groups is 2. The van der Waals surface area contributed by atoms with Crippen molar-refractivity contribution < 1.29 is 18.7 Å². The van der Waals surface area contributed by atoms with E-state index < -0.39 is 12.3 Å². The Morgan fingerprint density at radius 3 is 2.46 bits per heavy atom. The highest BCUT2D eigenvalue weighted by Crippen LogP contribution is 2.35. The van der Waals surface area contributed by atoms with Crippen molar-refractivity contribution >= 4 is 33.6 Å². The van der Waals surface area contributed by atoms with Crippen molar-refractivity contribution in [3.63, 3.8) is 0 Å². The predicted octanol–water partition coefficient (Wildman–Crippen LogP) is 5.03. The Morgan fingerprint density at radius 2 is 1.78 bits per heavy atom. The molecule has 1 aliphatic rings. The molecule has 3 N–H and O–H groups in total. The fourth-order valence-corrected chi connectivity index (χ4v) is 4.49. The molecule has 1 fully saturated rings. The van der Waals surface area contributed by atoms with Gasteiger partial charge in [0.25, 0.3) is 5.91 Å². The zero-order chi connectivity index (χ0) is 25.9. The number of nitrogens with one attached hydrogen (secondary N) is 1. The summed E-state index contributed by atoms with van der Waals surface area (Å²) in [7, 11) is 0. The number of nitrogens with two attached hydrogens (primary N) is 1. The van der Waals surface area contributed by atoms with Crippen LogP contribution in [0.5, 0.6) is 0 Å². The molecule has 10 heteroatoms. The number of benzene rings is 3. The molecule has 0 unspecified atom stereocenters. The molecule has 3 amide bonds. The van der Waals surface area contributed by atoms with Gasteiger partial charge in [-0.15, -0.1) is 0 Å². The number of carbonyl (C=O) groups excluding carboxylic acids is 2. The van der Waals surface area contributed by atoms with E-state index in [1.165, 1.54) is 12.1 Å². The van der Waals surface area contributed by atoms with Crippen LogP contribution in [0, 0.1) is 5.82 Å². The highest BCUT2D eigenvalue weighted by Gasteiger charge is 2.36. The average molecular weight is 564 g/mol. The number of hydrogen-bond acceptors (Lipinski definition) is 4. The van der Waals surface area contributed by atoms with Crippen molar-refractivity contribution in [2.75, 3.05) is 18.5 Å². The number of hydrogen-bond donors (Lipinski definition) is 2. The van der Waals surface area contributed by atoms with Crippen molar-refractivity contribution in [1.82, 2.24) is 14.7 Å². The number of anilines is 1. The standard InChI is InChI=1S/C27H23BrFN5O3/c28-19-5-11-22(12-6-19)34-15-23(25(32-34)18-3-7-20(29)8-4-18)26-33(24(35)16-37-26)14-13-17-1-9-21(10-2-17)31-27(30)36/h1-12,15,26H,13-14,16H2,(H3,30,31,36)/t26-/m0/s1. The minimum absolute atomic E-state index is 0.0432. The second-order valence-corrected chi connectivity index (χ2v) is 9.46. The number of primary amides is 1. The van der Waals surface area contributed by atoms with E-state index >= 15 is 0 Å². The Morgan fingerprint density at radius 1 is 1.08 bits per heavy atom. The van der Waals surface area contributed by atoms with Crippen molar-refractivity contribution in [3.8, 4) is 16.9 Å². The first kappa shape index (κ1) is 24.7. The fourth-order valence-electron chi connectivity index (χ4n) is 4.23. The summed E-state index contributed by atoms with van der Waals surface area (Å²) in [6, 6.07) is 20.4. The number of urea groups is 1. The zero-order valence-electron chi connectivity index (χ0n) is 19.6. The van der Waals surface area contributed by atoms with Gasteiger partial charge >= 0.3 is 6.03 Å². The molecule has 0 bridgehead atoms. The van der Waals surface area contributed by atoms with E-state index in [2.05, 4.69) is 21.2 Å². The summed E-state index contributed by atoms with van der Waals surface area (Å²) in [6.07, 6.45) is 1.78. The van der Waals surface area contributed by atoms with Crippen LogP contribution in [-0.4, -0.2) is 39.8 Å². The molecule has 0 spiro atoms. The van der Waals surface area contributed by atoms with Gasteiger partial charge in [0.1, 0.15) is 18.1 Å². The average Bonchev–Trinajstić information content (AvgIpc) is 3.48. The summed E-state index contributed by atoms with van der Waals surface area (Å²) in [4.78, 5) is 25.5. The molecule has 2 heterocycles. The lowest BCUT2D eigenvalue weighted by Crippen LogP contribution is -2.30. The molecule has 0 radical (unpaired) electrons. The highest BCUT2D eigenvalue weighted by atomic mass is 79.9. The van der Waals surface area contributed by atoms with E-state index in [0.717, 1.165) is 15.7 Å². The lowest BCUT2D eigenvalue weighted by atomic mass is 10.1. The molecule has 5 rings (SSSR count). The Labute approximate surface area is 221 Å². The number of aromatic nitrogens is 2.